The largest absolute Gasteiger partial charge is 0.497 e. The van der Waals surface area contributed by atoms with Crippen LogP contribution in [0.5, 0.6) is 5.75 Å². The van der Waals surface area contributed by atoms with Gasteiger partial charge in [-0.25, -0.2) is 4.98 Å². The lowest BCUT2D eigenvalue weighted by atomic mass is 10.0. The summed E-state index contributed by atoms with van der Waals surface area (Å²) in [5.41, 5.74) is 2.44. The summed E-state index contributed by atoms with van der Waals surface area (Å²) in [5, 5.41) is 3.13. The summed E-state index contributed by atoms with van der Waals surface area (Å²) in [7, 11) is 3.54. The first-order valence-corrected chi connectivity index (χ1v) is 9.31. The maximum Gasteiger partial charge on any atom is 0.252 e. The topological polar surface area (TPSA) is 61.1 Å². The lowest BCUT2D eigenvalue weighted by Gasteiger charge is -2.20. The van der Waals surface area contributed by atoms with E-state index in [1.54, 1.807) is 13.3 Å². The molecule has 2 aromatic carbocycles. The first-order chi connectivity index (χ1) is 14.2. The summed E-state index contributed by atoms with van der Waals surface area (Å²) in [6.07, 6.45) is 7.49. The molecule has 0 spiro atoms. The van der Waals surface area contributed by atoms with Crippen molar-refractivity contribution in [3.63, 3.8) is 0 Å². The number of nitrogens with one attached hydrogen (secondary N) is 1. The minimum absolute atomic E-state index is 0.164. The number of rotatable bonds is 6. The van der Waals surface area contributed by atoms with Gasteiger partial charge in [0.15, 0.2) is 0 Å². The molecule has 6 nitrogen and oxygen atoms in total. The highest BCUT2D eigenvalue weighted by Gasteiger charge is 2.21. The van der Waals surface area contributed by atoms with Crippen LogP contribution in [0.4, 0.5) is 0 Å². The van der Waals surface area contributed by atoms with Crippen molar-refractivity contribution in [3.8, 4) is 11.4 Å². The first kappa shape index (κ1) is 18.6. The van der Waals surface area contributed by atoms with E-state index in [0.29, 0.717) is 5.56 Å². The number of benzene rings is 2. The number of imidazole rings is 1. The fourth-order valence-electron chi connectivity index (χ4n) is 3.28. The van der Waals surface area contributed by atoms with Gasteiger partial charge in [-0.05, 0) is 48.0 Å². The third-order valence-corrected chi connectivity index (χ3v) is 4.85. The van der Waals surface area contributed by atoms with Crippen LogP contribution < -0.4 is 10.1 Å². The smallest absolute Gasteiger partial charge is 0.252 e. The Labute approximate surface area is 169 Å². The Morgan fingerprint density at radius 3 is 2.45 bits per heavy atom. The van der Waals surface area contributed by atoms with Gasteiger partial charge in [-0.15, -0.1) is 0 Å². The number of methoxy groups -OCH3 is 1. The molecular formula is C23H22N4O2. The van der Waals surface area contributed by atoms with Crippen molar-refractivity contribution in [2.75, 3.05) is 7.11 Å². The van der Waals surface area contributed by atoms with Crippen LogP contribution in [0.1, 0.15) is 27.8 Å². The van der Waals surface area contributed by atoms with E-state index >= 15 is 0 Å². The van der Waals surface area contributed by atoms with Crippen LogP contribution >= 0.6 is 0 Å². The van der Waals surface area contributed by atoms with Crippen LogP contribution in [-0.2, 0) is 7.05 Å². The second kappa shape index (κ2) is 8.06. The molecule has 1 amide bonds. The van der Waals surface area contributed by atoms with Crippen LogP contribution in [0.3, 0.4) is 0 Å². The Morgan fingerprint density at radius 2 is 1.79 bits per heavy atom. The molecule has 2 heterocycles. The summed E-state index contributed by atoms with van der Waals surface area (Å²) >= 11 is 0. The van der Waals surface area contributed by atoms with Crippen LogP contribution in [0.15, 0.2) is 85.5 Å². The Morgan fingerprint density at radius 1 is 1.03 bits per heavy atom. The van der Waals surface area contributed by atoms with Gasteiger partial charge in [0.2, 0.25) is 0 Å². The predicted octanol–water partition coefficient (Wildman–Crippen LogP) is 3.74. The number of hydrogen-bond donors (Lipinski definition) is 1. The van der Waals surface area contributed by atoms with Crippen LogP contribution in [0, 0.1) is 0 Å². The maximum absolute atomic E-state index is 13.1. The first-order valence-electron chi connectivity index (χ1n) is 9.31. The summed E-state index contributed by atoms with van der Waals surface area (Å²) in [6.45, 7) is 0. The van der Waals surface area contributed by atoms with E-state index in [9.17, 15) is 4.79 Å². The SMILES string of the molecule is COc1ccc(C(NC(=O)c2cccc(-n3cccc3)c2)c2nccn2C)cc1. The molecule has 0 radical (unpaired) electrons. The number of aromatic nitrogens is 3. The molecule has 2 aromatic heterocycles. The van der Waals surface area contributed by atoms with E-state index in [-0.39, 0.29) is 11.9 Å². The highest BCUT2D eigenvalue weighted by atomic mass is 16.5. The number of carbonyl (C=O) groups excluding carboxylic acids is 1. The molecule has 4 aromatic rings. The highest BCUT2D eigenvalue weighted by molar-refractivity contribution is 5.95. The molecule has 0 saturated carbocycles. The third kappa shape index (κ3) is 3.91. The zero-order chi connectivity index (χ0) is 20.2. The van der Waals surface area contributed by atoms with Gasteiger partial charge in [-0.3, -0.25) is 4.79 Å². The lowest BCUT2D eigenvalue weighted by molar-refractivity contribution is 0.0941. The van der Waals surface area contributed by atoms with E-state index in [2.05, 4.69) is 10.3 Å². The van der Waals surface area contributed by atoms with Gasteiger partial charge < -0.3 is 19.2 Å². The zero-order valence-corrected chi connectivity index (χ0v) is 16.3. The molecule has 1 N–H and O–H groups in total. The average Bonchev–Trinajstić information content (AvgIpc) is 3.44. The van der Waals surface area contributed by atoms with Crippen LogP contribution in [0.25, 0.3) is 5.69 Å². The van der Waals surface area contributed by atoms with E-state index in [0.717, 1.165) is 22.8 Å². The van der Waals surface area contributed by atoms with Crippen molar-refractivity contribution < 1.29 is 9.53 Å². The Kier molecular flexibility index (Phi) is 5.16. The van der Waals surface area contributed by atoms with Crippen molar-refractivity contribution >= 4 is 5.91 Å². The molecule has 1 atom stereocenters. The monoisotopic (exact) mass is 386 g/mol. The third-order valence-electron chi connectivity index (χ3n) is 4.85. The Balaban J connectivity index is 1.65. The second-order valence-corrected chi connectivity index (χ2v) is 6.72. The molecule has 0 aliphatic rings. The number of amides is 1. The normalized spacial score (nSPS) is 11.8. The fourth-order valence-corrected chi connectivity index (χ4v) is 3.28. The van der Waals surface area contributed by atoms with E-state index in [1.807, 2.05) is 95.4 Å². The van der Waals surface area contributed by atoms with Crippen LogP contribution in [0.2, 0.25) is 0 Å². The summed E-state index contributed by atoms with van der Waals surface area (Å²) < 4.78 is 9.13. The lowest BCUT2D eigenvalue weighted by Crippen LogP contribution is -2.31. The van der Waals surface area contributed by atoms with Crippen molar-refractivity contribution in [3.05, 3.63) is 102 Å². The summed E-state index contributed by atoms with van der Waals surface area (Å²) in [4.78, 5) is 17.6. The number of carbonyl (C=O) groups is 1. The van der Waals surface area contributed by atoms with E-state index in [4.69, 9.17) is 4.74 Å². The molecule has 0 fully saturated rings. The number of nitrogens with zero attached hydrogens (tertiary/aromatic N) is 3. The zero-order valence-electron chi connectivity index (χ0n) is 16.3. The van der Waals surface area contributed by atoms with Gasteiger partial charge in [0.1, 0.15) is 17.6 Å². The average molecular weight is 386 g/mol. The van der Waals surface area contributed by atoms with Gasteiger partial charge in [-0.1, -0.05) is 18.2 Å². The van der Waals surface area contributed by atoms with Gasteiger partial charge in [0.05, 0.1) is 7.11 Å². The van der Waals surface area contributed by atoms with Gasteiger partial charge >= 0.3 is 0 Å². The van der Waals surface area contributed by atoms with Gasteiger partial charge in [-0.2, -0.15) is 0 Å². The highest BCUT2D eigenvalue weighted by Crippen LogP contribution is 2.24. The molecule has 0 aliphatic carbocycles. The van der Waals surface area contributed by atoms with Gasteiger partial charge in [0, 0.05) is 43.1 Å². The number of aryl methyl sites for hydroxylation is 1. The fraction of sp³-hybridized carbons (Fsp3) is 0.130. The minimum Gasteiger partial charge on any atom is -0.497 e. The predicted molar refractivity (Wildman–Crippen MR) is 111 cm³/mol. The van der Waals surface area contributed by atoms with Crippen molar-refractivity contribution in [1.82, 2.24) is 19.4 Å². The molecule has 6 heteroatoms. The van der Waals surface area contributed by atoms with Gasteiger partial charge in [0.25, 0.3) is 5.91 Å². The molecule has 4 rings (SSSR count). The minimum atomic E-state index is -0.386. The Hall–Kier alpha value is -3.80. The molecule has 0 saturated heterocycles. The molecule has 29 heavy (non-hydrogen) atoms. The second-order valence-electron chi connectivity index (χ2n) is 6.72. The van der Waals surface area contributed by atoms with E-state index in [1.165, 1.54) is 0 Å². The molecule has 146 valence electrons. The van der Waals surface area contributed by atoms with Crippen molar-refractivity contribution in [1.29, 1.82) is 0 Å². The standard InChI is InChI=1S/C23H22N4O2/c1-26-15-12-24-22(26)21(17-8-10-20(29-2)11-9-17)25-23(28)18-6-5-7-19(16-18)27-13-3-4-14-27/h3-16,21H,1-2H3,(H,25,28). The Bertz CT molecular complexity index is 1100. The number of hydrogen-bond acceptors (Lipinski definition) is 3. The van der Waals surface area contributed by atoms with Crippen molar-refractivity contribution in [2.45, 2.75) is 6.04 Å². The molecule has 0 bridgehead atoms. The molecular weight excluding hydrogens is 364 g/mol. The maximum atomic E-state index is 13.1. The van der Waals surface area contributed by atoms with E-state index < -0.39 is 0 Å². The van der Waals surface area contributed by atoms with Crippen LogP contribution in [-0.4, -0.2) is 27.1 Å². The summed E-state index contributed by atoms with van der Waals surface area (Å²) in [6, 6.07) is 18.7. The molecule has 0 aliphatic heterocycles. The quantitative estimate of drug-likeness (QED) is 0.549. The number of ether oxygens (including phenoxy) is 1. The van der Waals surface area contributed by atoms with Crippen molar-refractivity contribution in [2.24, 2.45) is 7.05 Å². The summed E-state index contributed by atoms with van der Waals surface area (Å²) in [5.74, 6) is 1.35. The molecule has 1 unspecified atom stereocenters.